The van der Waals surface area contributed by atoms with Gasteiger partial charge in [0.25, 0.3) is 0 Å². The van der Waals surface area contributed by atoms with E-state index in [2.05, 4.69) is 45.0 Å². The minimum atomic E-state index is 0.740. The highest BCUT2D eigenvalue weighted by Crippen LogP contribution is 2.29. The molecular formula is C16H15N. The van der Waals surface area contributed by atoms with Crippen LogP contribution in [-0.2, 0) is 0 Å². The van der Waals surface area contributed by atoms with Crippen LogP contribution >= 0.6 is 0 Å². The van der Waals surface area contributed by atoms with Crippen molar-refractivity contribution >= 4 is 0 Å². The molecule has 0 aromatic heterocycles. The van der Waals surface area contributed by atoms with Gasteiger partial charge in [0.1, 0.15) is 0 Å². The highest BCUT2D eigenvalue weighted by molar-refractivity contribution is 5.74. The summed E-state index contributed by atoms with van der Waals surface area (Å²) in [5, 5.41) is 9.18. The van der Waals surface area contributed by atoms with E-state index in [0.717, 1.165) is 16.7 Å². The first kappa shape index (κ1) is 11.4. The molecule has 0 atom stereocenters. The molecule has 0 aliphatic carbocycles. The Labute approximate surface area is 102 Å². The topological polar surface area (TPSA) is 23.8 Å². The highest BCUT2D eigenvalue weighted by atomic mass is 14.2. The molecule has 0 saturated carbocycles. The first-order chi connectivity index (χ1) is 8.13. The van der Waals surface area contributed by atoms with E-state index in [1.54, 1.807) is 0 Å². The van der Waals surface area contributed by atoms with Crippen molar-refractivity contribution in [3.05, 3.63) is 58.7 Å². The summed E-state index contributed by atoms with van der Waals surface area (Å²) in [6.45, 7) is 6.25. The molecule has 0 aliphatic rings. The summed E-state index contributed by atoms with van der Waals surface area (Å²) < 4.78 is 0. The molecule has 0 aliphatic heterocycles. The molecule has 0 heterocycles. The molecule has 0 radical (unpaired) electrons. The van der Waals surface area contributed by atoms with Gasteiger partial charge in [0.05, 0.1) is 11.6 Å². The van der Waals surface area contributed by atoms with Crippen molar-refractivity contribution in [2.45, 2.75) is 20.8 Å². The van der Waals surface area contributed by atoms with Gasteiger partial charge in [-0.2, -0.15) is 5.26 Å². The van der Waals surface area contributed by atoms with Gasteiger partial charge in [-0.1, -0.05) is 35.9 Å². The number of rotatable bonds is 1. The van der Waals surface area contributed by atoms with E-state index in [0.29, 0.717) is 0 Å². The van der Waals surface area contributed by atoms with Crippen LogP contribution < -0.4 is 0 Å². The van der Waals surface area contributed by atoms with E-state index in [1.807, 2.05) is 18.2 Å². The van der Waals surface area contributed by atoms with E-state index in [4.69, 9.17) is 0 Å². The number of nitrogens with zero attached hydrogens (tertiary/aromatic N) is 1. The van der Waals surface area contributed by atoms with Crippen molar-refractivity contribution in [1.82, 2.24) is 0 Å². The van der Waals surface area contributed by atoms with Crippen LogP contribution in [0, 0.1) is 32.1 Å². The summed E-state index contributed by atoms with van der Waals surface area (Å²) in [7, 11) is 0. The molecule has 2 aromatic rings. The van der Waals surface area contributed by atoms with E-state index in [9.17, 15) is 5.26 Å². The van der Waals surface area contributed by atoms with E-state index in [1.165, 1.54) is 16.7 Å². The molecule has 0 N–H and O–H groups in total. The number of hydrogen-bond acceptors (Lipinski definition) is 1. The molecule has 2 aromatic carbocycles. The normalized spacial score (nSPS) is 10.0. The second-order valence-corrected chi connectivity index (χ2v) is 4.41. The Hall–Kier alpha value is -2.07. The fourth-order valence-electron chi connectivity index (χ4n) is 2.02. The standard InChI is InChI=1S/C16H15N/c1-11-7-8-14(10-17)16(9-11)15-6-4-5-12(2)13(15)3/h4-9H,1-3H3. The molecule has 0 spiro atoms. The van der Waals surface area contributed by atoms with Crippen LogP contribution in [-0.4, -0.2) is 0 Å². The molecule has 1 nitrogen and oxygen atoms in total. The lowest BCUT2D eigenvalue weighted by atomic mass is 9.93. The van der Waals surface area contributed by atoms with Gasteiger partial charge >= 0.3 is 0 Å². The molecule has 2 rings (SSSR count). The predicted molar refractivity (Wildman–Crippen MR) is 70.8 cm³/mol. The van der Waals surface area contributed by atoms with Gasteiger partial charge in [0.15, 0.2) is 0 Å². The van der Waals surface area contributed by atoms with Gasteiger partial charge < -0.3 is 0 Å². The summed E-state index contributed by atoms with van der Waals surface area (Å²) in [5.41, 5.74) is 6.62. The van der Waals surface area contributed by atoms with Crippen molar-refractivity contribution < 1.29 is 0 Å². The Kier molecular flexibility index (Phi) is 2.97. The molecule has 0 fully saturated rings. The third-order valence-electron chi connectivity index (χ3n) is 3.19. The summed E-state index contributed by atoms with van der Waals surface area (Å²) >= 11 is 0. The Balaban J connectivity index is 2.72. The van der Waals surface area contributed by atoms with Crippen LogP contribution in [0.4, 0.5) is 0 Å². The first-order valence-electron chi connectivity index (χ1n) is 5.71. The zero-order valence-corrected chi connectivity index (χ0v) is 10.4. The smallest absolute Gasteiger partial charge is 0.0998 e. The quantitative estimate of drug-likeness (QED) is 0.709. The summed E-state index contributed by atoms with van der Waals surface area (Å²) in [4.78, 5) is 0. The summed E-state index contributed by atoms with van der Waals surface area (Å²) in [6.07, 6.45) is 0. The minimum absolute atomic E-state index is 0.740. The van der Waals surface area contributed by atoms with Crippen molar-refractivity contribution in [3.8, 4) is 17.2 Å². The van der Waals surface area contributed by atoms with Crippen LogP contribution in [0.25, 0.3) is 11.1 Å². The molecule has 0 amide bonds. The average Bonchev–Trinajstić information content (AvgIpc) is 2.33. The molecule has 0 saturated heterocycles. The molecule has 84 valence electrons. The van der Waals surface area contributed by atoms with Crippen LogP contribution in [0.2, 0.25) is 0 Å². The number of benzene rings is 2. The van der Waals surface area contributed by atoms with Crippen LogP contribution in [0.15, 0.2) is 36.4 Å². The fourth-order valence-corrected chi connectivity index (χ4v) is 2.02. The van der Waals surface area contributed by atoms with Crippen molar-refractivity contribution in [1.29, 1.82) is 5.26 Å². The van der Waals surface area contributed by atoms with Crippen LogP contribution in [0.1, 0.15) is 22.3 Å². The molecule has 1 heteroatoms. The lowest BCUT2D eigenvalue weighted by molar-refractivity contribution is 1.33. The Morgan fingerprint density at radius 1 is 0.941 bits per heavy atom. The van der Waals surface area contributed by atoms with E-state index in [-0.39, 0.29) is 0 Å². The van der Waals surface area contributed by atoms with Crippen molar-refractivity contribution in [3.63, 3.8) is 0 Å². The zero-order valence-electron chi connectivity index (χ0n) is 10.4. The molecule has 0 unspecified atom stereocenters. The third kappa shape index (κ3) is 2.07. The fraction of sp³-hybridized carbons (Fsp3) is 0.188. The SMILES string of the molecule is Cc1ccc(C#N)c(-c2cccc(C)c2C)c1. The monoisotopic (exact) mass is 221 g/mol. The number of aryl methyl sites for hydroxylation is 2. The average molecular weight is 221 g/mol. The van der Waals surface area contributed by atoms with Gasteiger partial charge in [-0.25, -0.2) is 0 Å². The predicted octanol–water partition coefficient (Wildman–Crippen LogP) is 4.15. The maximum atomic E-state index is 9.18. The number of nitriles is 1. The molecular weight excluding hydrogens is 206 g/mol. The lowest BCUT2D eigenvalue weighted by Crippen LogP contribution is -1.91. The summed E-state index contributed by atoms with van der Waals surface area (Å²) in [5.74, 6) is 0. The molecule has 17 heavy (non-hydrogen) atoms. The van der Waals surface area contributed by atoms with Gasteiger partial charge in [-0.3, -0.25) is 0 Å². The first-order valence-corrected chi connectivity index (χ1v) is 5.71. The summed E-state index contributed by atoms with van der Waals surface area (Å²) in [6, 6.07) is 14.4. The third-order valence-corrected chi connectivity index (χ3v) is 3.19. The van der Waals surface area contributed by atoms with Gasteiger partial charge in [0.2, 0.25) is 0 Å². The highest BCUT2D eigenvalue weighted by Gasteiger charge is 2.08. The molecule has 0 bridgehead atoms. The lowest BCUT2D eigenvalue weighted by Gasteiger charge is -2.11. The Morgan fingerprint density at radius 2 is 1.71 bits per heavy atom. The zero-order chi connectivity index (χ0) is 12.4. The van der Waals surface area contributed by atoms with E-state index >= 15 is 0 Å². The maximum Gasteiger partial charge on any atom is 0.0998 e. The van der Waals surface area contributed by atoms with Crippen LogP contribution in [0.3, 0.4) is 0 Å². The van der Waals surface area contributed by atoms with Crippen molar-refractivity contribution in [2.75, 3.05) is 0 Å². The van der Waals surface area contributed by atoms with E-state index < -0.39 is 0 Å². The Bertz CT molecular complexity index is 603. The van der Waals surface area contributed by atoms with Gasteiger partial charge in [-0.15, -0.1) is 0 Å². The van der Waals surface area contributed by atoms with Crippen LogP contribution in [0.5, 0.6) is 0 Å². The number of hydrogen-bond donors (Lipinski definition) is 0. The maximum absolute atomic E-state index is 9.18. The minimum Gasteiger partial charge on any atom is -0.192 e. The second kappa shape index (κ2) is 4.43. The van der Waals surface area contributed by atoms with Gasteiger partial charge in [-0.05, 0) is 49.1 Å². The largest absolute Gasteiger partial charge is 0.192 e. The van der Waals surface area contributed by atoms with Crippen molar-refractivity contribution in [2.24, 2.45) is 0 Å². The van der Waals surface area contributed by atoms with Gasteiger partial charge in [0, 0.05) is 0 Å². The Morgan fingerprint density at radius 3 is 2.41 bits per heavy atom. The second-order valence-electron chi connectivity index (χ2n) is 4.41.